The number of nitrogens with one attached hydrogen (secondary N) is 1. The van der Waals surface area contributed by atoms with E-state index in [1.165, 1.54) is 0 Å². The van der Waals surface area contributed by atoms with E-state index in [0.29, 0.717) is 6.54 Å². The molecule has 1 heterocycles. The molecule has 6 nitrogen and oxygen atoms in total. The molecule has 2 amide bonds. The Morgan fingerprint density at radius 1 is 1.26 bits per heavy atom. The zero-order valence-corrected chi connectivity index (χ0v) is 15.2. The largest absolute Gasteiger partial charge is 0.444 e. The first-order valence-electron chi connectivity index (χ1n) is 7.57. The van der Waals surface area contributed by atoms with Crippen LogP contribution in [0.1, 0.15) is 27.2 Å². The van der Waals surface area contributed by atoms with E-state index in [1.807, 2.05) is 29.3 Å². The zero-order chi connectivity index (χ0) is 17.0. The van der Waals surface area contributed by atoms with Gasteiger partial charge >= 0.3 is 6.09 Å². The van der Waals surface area contributed by atoms with Crippen LogP contribution >= 0.6 is 15.9 Å². The van der Waals surface area contributed by atoms with Crippen LogP contribution in [-0.2, 0) is 9.53 Å². The molecule has 0 aliphatic carbocycles. The predicted molar refractivity (Wildman–Crippen MR) is 92.1 cm³/mol. The van der Waals surface area contributed by atoms with Crippen molar-refractivity contribution in [3.63, 3.8) is 0 Å². The molecule has 1 saturated heterocycles. The molecule has 1 fully saturated rings. The van der Waals surface area contributed by atoms with Gasteiger partial charge in [0.15, 0.2) is 0 Å². The number of ether oxygens (including phenoxy) is 1. The van der Waals surface area contributed by atoms with E-state index in [0.717, 1.165) is 23.1 Å². The molecule has 1 N–H and O–H groups in total. The Balaban J connectivity index is 1.96. The van der Waals surface area contributed by atoms with Gasteiger partial charge in [-0.2, -0.15) is 0 Å². The van der Waals surface area contributed by atoms with E-state index < -0.39 is 11.7 Å². The highest BCUT2D eigenvalue weighted by Crippen LogP contribution is 2.29. The summed E-state index contributed by atoms with van der Waals surface area (Å²) in [6.45, 7) is 6.66. The number of anilines is 1. The second-order valence-electron chi connectivity index (χ2n) is 6.30. The molecule has 0 saturated carbocycles. The van der Waals surface area contributed by atoms with Crippen LogP contribution in [0.5, 0.6) is 0 Å². The summed E-state index contributed by atoms with van der Waals surface area (Å²) < 4.78 is 6.07. The van der Waals surface area contributed by atoms with Crippen molar-refractivity contribution in [3.05, 3.63) is 28.7 Å². The topological polar surface area (TPSA) is 61.9 Å². The van der Waals surface area contributed by atoms with Crippen LogP contribution in [0.2, 0.25) is 0 Å². The summed E-state index contributed by atoms with van der Waals surface area (Å²) in [6.07, 6.45) is 0.303. The summed E-state index contributed by atoms with van der Waals surface area (Å²) in [4.78, 5) is 24.1. The van der Waals surface area contributed by atoms with Gasteiger partial charge in [-0.25, -0.2) is 4.79 Å². The molecule has 0 spiro atoms. The van der Waals surface area contributed by atoms with E-state index in [1.54, 1.807) is 25.8 Å². The van der Waals surface area contributed by atoms with Crippen molar-refractivity contribution in [1.82, 2.24) is 10.3 Å². The highest BCUT2D eigenvalue weighted by molar-refractivity contribution is 9.10. The highest BCUT2D eigenvalue weighted by Gasteiger charge is 2.28. The van der Waals surface area contributed by atoms with E-state index in [9.17, 15) is 9.59 Å². The number of hydrazine groups is 1. The SMILES string of the molecule is CC(C)(C)OC(=O)NCC(=O)N1CCCN1c1ccccc1Br. The number of alkyl carbamates (subject to hydrolysis) is 1. The predicted octanol–water partition coefficient (Wildman–Crippen LogP) is 2.93. The van der Waals surface area contributed by atoms with Gasteiger partial charge in [-0.1, -0.05) is 12.1 Å². The van der Waals surface area contributed by atoms with Crippen molar-refractivity contribution in [3.8, 4) is 0 Å². The maximum Gasteiger partial charge on any atom is 0.408 e. The van der Waals surface area contributed by atoms with E-state index >= 15 is 0 Å². The number of carbonyl (C=O) groups excluding carboxylic acids is 2. The molecule has 1 aliphatic rings. The lowest BCUT2D eigenvalue weighted by atomic mass is 10.2. The number of halogens is 1. The first kappa shape index (κ1) is 17.6. The molecule has 0 atom stereocenters. The molecule has 1 aliphatic heterocycles. The van der Waals surface area contributed by atoms with Gasteiger partial charge in [0, 0.05) is 17.6 Å². The van der Waals surface area contributed by atoms with Crippen LogP contribution in [0.3, 0.4) is 0 Å². The average Bonchev–Trinajstić information content (AvgIpc) is 2.92. The normalized spacial score (nSPS) is 14.8. The minimum Gasteiger partial charge on any atom is -0.444 e. The molecular weight excluding hydrogens is 362 g/mol. The van der Waals surface area contributed by atoms with Gasteiger partial charge in [0.2, 0.25) is 0 Å². The van der Waals surface area contributed by atoms with Gasteiger partial charge in [-0.3, -0.25) is 14.8 Å². The molecule has 1 aromatic carbocycles. The Bertz CT molecular complexity index is 586. The number of hydrogen-bond donors (Lipinski definition) is 1. The molecule has 0 radical (unpaired) electrons. The number of rotatable bonds is 3. The summed E-state index contributed by atoms with van der Waals surface area (Å²) in [5.41, 5.74) is 0.359. The summed E-state index contributed by atoms with van der Waals surface area (Å²) in [5, 5.41) is 6.11. The summed E-state index contributed by atoms with van der Waals surface area (Å²) in [5.74, 6) is -0.163. The van der Waals surface area contributed by atoms with Gasteiger partial charge < -0.3 is 10.1 Å². The fourth-order valence-electron chi connectivity index (χ4n) is 2.34. The van der Waals surface area contributed by atoms with Gasteiger partial charge in [0.05, 0.1) is 5.69 Å². The van der Waals surface area contributed by atoms with Crippen LogP contribution < -0.4 is 10.3 Å². The molecule has 23 heavy (non-hydrogen) atoms. The standard InChI is InChI=1S/C16H22BrN3O3/c1-16(2,3)23-15(22)18-11-14(21)20-10-6-9-19(20)13-8-5-4-7-12(13)17/h4-5,7-8H,6,9-11H2,1-3H3,(H,18,22). The number of nitrogens with zero attached hydrogens (tertiary/aromatic N) is 2. The number of amides is 2. The fraction of sp³-hybridized carbons (Fsp3) is 0.500. The number of hydrogen-bond acceptors (Lipinski definition) is 4. The first-order valence-corrected chi connectivity index (χ1v) is 8.36. The van der Waals surface area contributed by atoms with Gasteiger partial charge in [0.25, 0.3) is 5.91 Å². The van der Waals surface area contributed by atoms with Crippen LogP contribution in [-0.4, -0.2) is 42.2 Å². The lowest BCUT2D eigenvalue weighted by Crippen LogP contribution is -2.47. The third-order valence-corrected chi connectivity index (χ3v) is 3.90. The maximum absolute atomic E-state index is 12.4. The minimum absolute atomic E-state index is 0.0874. The molecule has 2 rings (SSSR count). The molecule has 0 bridgehead atoms. The highest BCUT2D eigenvalue weighted by atomic mass is 79.9. The lowest BCUT2D eigenvalue weighted by Gasteiger charge is -2.30. The maximum atomic E-state index is 12.4. The van der Waals surface area contributed by atoms with Gasteiger partial charge in [0.1, 0.15) is 12.1 Å². The quantitative estimate of drug-likeness (QED) is 0.871. The van der Waals surface area contributed by atoms with E-state index in [-0.39, 0.29) is 12.5 Å². The van der Waals surface area contributed by atoms with Crippen LogP contribution in [0.4, 0.5) is 10.5 Å². The second-order valence-corrected chi connectivity index (χ2v) is 7.15. The Morgan fingerprint density at radius 3 is 2.61 bits per heavy atom. The molecule has 126 valence electrons. The molecular formula is C16H22BrN3O3. The smallest absolute Gasteiger partial charge is 0.408 e. The number of benzene rings is 1. The van der Waals surface area contributed by atoms with Crippen LogP contribution in [0.15, 0.2) is 28.7 Å². The molecule has 1 aromatic rings. The Morgan fingerprint density at radius 2 is 1.96 bits per heavy atom. The summed E-state index contributed by atoms with van der Waals surface area (Å²) in [6, 6.07) is 7.76. The Labute approximate surface area is 144 Å². The van der Waals surface area contributed by atoms with Gasteiger partial charge in [-0.15, -0.1) is 0 Å². The Hall–Kier alpha value is -1.76. The van der Waals surface area contributed by atoms with Crippen molar-refractivity contribution in [2.24, 2.45) is 0 Å². The first-order chi connectivity index (χ1) is 10.8. The third-order valence-electron chi connectivity index (χ3n) is 3.23. The monoisotopic (exact) mass is 383 g/mol. The van der Waals surface area contributed by atoms with Crippen molar-refractivity contribution in [1.29, 1.82) is 0 Å². The second kappa shape index (κ2) is 7.21. The van der Waals surface area contributed by atoms with Gasteiger partial charge in [-0.05, 0) is 55.3 Å². The molecule has 0 aromatic heterocycles. The van der Waals surface area contributed by atoms with Crippen molar-refractivity contribution in [2.75, 3.05) is 24.6 Å². The lowest BCUT2D eigenvalue weighted by molar-refractivity contribution is -0.129. The van der Waals surface area contributed by atoms with E-state index in [2.05, 4.69) is 21.2 Å². The summed E-state index contributed by atoms with van der Waals surface area (Å²) >= 11 is 3.51. The minimum atomic E-state index is -0.586. The van der Waals surface area contributed by atoms with Crippen molar-refractivity contribution >= 4 is 33.6 Å². The van der Waals surface area contributed by atoms with Crippen molar-refractivity contribution in [2.45, 2.75) is 32.8 Å². The average molecular weight is 384 g/mol. The van der Waals surface area contributed by atoms with Crippen LogP contribution in [0, 0.1) is 0 Å². The fourth-order valence-corrected chi connectivity index (χ4v) is 2.83. The number of para-hydroxylation sites is 1. The summed E-state index contributed by atoms with van der Waals surface area (Å²) in [7, 11) is 0. The third kappa shape index (κ3) is 4.86. The molecule has 0 unspecified atom stereocenters. The molecule has 7 heteroatoms. The number of carbonyl (C=O) groups is 2. The zero-order valence-electron chi connectivity index (χ0n) is 13.6. The van der Waals surface area contributed by atoms with Crippen LogP contribution in [0.25, 0.3) is 0 Å². The van der Waals surface area contributed by atoms with Crippen molar-refractivity contribution < 1.29 is 14.3 Å². The Kier molecular flexibility index (Phi) is 5.51. The van der Waals surface area contributed by atoms with E-state index in [4.69, 9.17) is 4.74 Å².